The standard InChI is InChI=1S/C6H9ClN2O/c1-3(2)5-4(8)6(7)9-10-5/h3H,8H2,1-2H3. The summed E-state index contributed by atoms with van der Waals surface area (Å²) in [5, 5.41) is 3.76. The van der Waals surface area contributed by atoms with Crippen molar-refractivity contribution >= 4 is 17.3 Å². The first-order chi connectivity index (χ1) is 4.63. The highest BCUT2D eigenvalue weighted by atomic mass is 35.5. The largest absolute Gasteiger partial charge is 0.393 e. The lowest BCUT2D eigenvalue weighted by molar-refractivity contribution is 0.372. The topological polar surface area (TPSA) is 52.0 Å². The van der Waals surface area contributed by atoms with Crippen LogP contribution >= 0.6 is 11.6 Å². The van der Waals surface area contributed by atoms with Crippen molar-refractivity contribution in [3.05, 3.63) is 10.9 Å². The fourth-order valence-corrected chi connectivity index (χ4v) is 0.833. The minimum Gasteiger partial charge on any atom is -0.393 e. The Hall–Kier alpha value is -0.700. The Morgan fingerprint density at radius 1 is 1.60 bits per heavy atom. The van der Waals surface area contributed by atoms with Gasteiger partial charge in [-0.05, 0) is 0 Å². The maximum Gasteiger partial charge on any atom is 0.195 e. The van der Waals surface area contributed by atoms with Crippen LogP contribution in [0.4, 0.5) is 5.69 Å². The van der Waals surface area contributed by atoms with Gasteiger partial charge in [0.1, 0.15) is 5.69 Å². The molecule has 0 amide bonds. The molecule has 0 spiro atoms. The Kier molecular flexibility index (Phi) is 1.85. The highest BCUT2D eigenvalue weighted by Gasteiger charge is 2.13. The van der Waals surface area contributed by atoms with E-state index < -0.39 is 0 Å². The first kappa shape index (κ1) is 7.41. The molecule has 4 heteroatoms. The number of hydrogen-bond donors (Lipinski definition) is 1. The van der Waals surface area contributed by atoms with Crippen LogP contribution in [-0.4, -0.2) is 5.16 Å². The predicted molar refractivity (Wildman–Crippen MR) is 40.0 cm³/mol. The summed E-state index contributed by atoms with van der Waals surface area (Å²) in [5.74, 6) is 0.894. The van der Waals surface area contributed by atoms with Gasteiger partial charge in [0.2, 0.25) is 0 Å². The first-order valence-corrected chi connectivity index (χ1v) is 3.41. The fraction of sp³-hybridized carbons (Fsp3) is 0.500. The number of hydrogen-bond acceptors (Lipinski definition) is 3. The van der Waals surface area contributed by atoms with E-state index in [-0.39, 0.29) is 11.1 Å². The van der Waals surface area contributed by atoms with E-state index in [1.54, 1.807) is 0 Å². The maximum absolute atomic E-state index is 5.54. The lowest BCUT2D eigenvalue weighted by Gasteiger charge is -1.97. The Balaban J connectivity index is 3.05. The molecule has 1 aromatic heterocycles. The molecule has 0 saturated heterocycles. The summed E-state index contributed by atoms with van der Waals surface area (Å²) >= 11 is 5.54. The molecule has 1 aromatic rings. The highest BCUT2D eigenvalue weighted by molar-refractivity contribution is 6.31. The number of nitrogens with two attached hydrogens (primary N) is 1. The second-order valence-corrected chi connectivity index (χ2v) is 2.76. The Bertz CT molecular complexity index is 232. The van der Waals surface area contributed by atoms with Gasteiger partial charge in [0.05, 0.1) is 0 Å². The second-order valence-electron chi connectivity index (χ2n) is 2.41. The molecule has 3 nitrogen and oxygen atoms in total. The van der Waals surface area contributed by atoms with E-state index in [9.17, 15) is 0 Å². The molecule has 0 unspecified atom stereocenters. The SMILES string of the molecule is CC(C)c1onc(Cl)c1N. The van der Waals surface area contributed by atoms with Gasteiger partial charge in [-0.15, -0.1) is 0 Å². The van der Waals surface area contributed by atoms with Gasteiger partial charge in [-0.25, -0.2) is 0 Å². The number of halogens is 1. The monoisotopic (exact) mass is 160 g/mol. The van der Waals surface area contributed by atoms with Gasteiger partial charge in [0, 0.05) is 5.92 Å². The van der Waals surface area contributed by atoms with Gasteiger partial charge in [-0.2, -0.15) is 0 Å². The third kappa shape index (κ3) is 1.09. The summed E-state index contributed by atoms with van der Waals surface area (Å²) in [6.07, 6.45) is 0. The molecule has 0 saturated carbocycles. The average molecular weight is 161 g/mol. The van der Waals surface area contributed by atoms with Crippen molar-refractivity contribution in [3.8, 4) is 0 Å². The van der Waals surface area contributed by atoms with Crippen molar-refractivity contribution in [2.75, 3.05) is 5.73 Å². The highest BCUT2D eigenvalue weighted by Crippen LogP contribution is 2.27. The van der Waals surface area contributed by atoms with E-state index in [2.05, 4.69) is 5.16 Å². The molecular weight excluding hydrogens is 152 g/mol. The van der Waals surface area contributed by atoms with Crippen molar-refractivity contribution in [1.29, 1.82) is 0 Å². The van der Waals surface area contributed by atoms with E-state index >= 15 is 0 Å². The smallest absolute Gasteiger partial charge is 0.195 e. The van der Waals surface area contributed by atoms with Crippen LogP contribution in [0.25, 0.3) is 0 Å². The third-order valence-electron chi connectivity index (χ3n) is 1.24. The quantitative estimate of drug-likeness (QED) is 0.684. The van der Waals surface area contributed by atoms with Crippen molar-refractivity contribution in [2.24, 2.45) is 0 Å². The van der Waals surface area contributed by atoms with Crippen molar-refractivity contribution < 1.29 is 4.52 Å². The molecule has 0 aromatic carbocycles. The molecule has 56 valence electrons. The van der Waals surface area contributed by atoms with Crippen molar-refractivity contribution in [1.82, 2.24) is 5.16 Å². The van der Waals surface area contributed by atoms with Crippen LogP contribution in [0.5, 0.6) is 0 Å². The molecule has 10 heavy (non-hydrogen) atoms. The molecule has 2 N–H and O–H groups in total. The molecule has 0 aliphatic rings. The van der Waals surface area contributed by atoms with Gasteiger partial charge < -0.3 is 10.3 Å². The number of rotatable bonds is 1. The Morgan fingerprint density at radius 2 is 2.20 bits per heavy atom. The van der Waals surface area contributed by atoms with Gasteiger partial charge in [-0.3, -0.25) is 0 Å². The van der Waals surface area contributed by atoms with E-state index in [0.717, 1.165) is 0 Å². The van der Waals surface area contributed by atoms with Gasteiger partial charge in [0.15, 0.2) is 10.9 Å². The summed E-state index contributed by atoms with van der Waals surface area (Å²) in [4.78, 5) is 0. The molecule has 0 atom stereocenters. The van der Waals surface area contributed by atoms with E-state index in [1.807, 2.05) is 13.8 Å². The number of nitrogen functional groups attached to an aromatic ring is 1. The minimum absolute atomic E-state index is 0.236. The lowest BCUT2D eigenvalue weighted by atomic mass is 10.1. The average Bonchev–Trinajstić information content (AvgIpc) is 2.14. The van der Waals surface area contributed by atoms with Crippen molar-refractivity contribution in [2.45, 2.75) is 19.8 Å². The summed E-state index contributed by atoms with van der Waals surface area (Å²) in [5.41, 5.74) is 5.97. The number of nitrogens with zero attached hydrogens (tertiary/aromatic N) is 1. The second kappa shape index (κ2) is 2.50. The zero-order chi connectivity index (χ0) is 7.72. The van der Waals surface area contributed by atoms with Crippen LogP contribution in [0.15, 0.2) is 4.52 Å². The number of aromatic nitrogens is 1. The summed E-state index contributed by atoms with van der Waals surface area (Å²) in [7, 11) is 0. The molecule has 0 aliphatic carbocycles. The lowest BCUT2D eigenvalue weighted by Crippen LogP contribution is -1.91. The zero-order valence-electron chi connectivity index (χ0n) is 5.89. The van der Waals surface area contributed by atoms with Crippen LogP contribution in [-0.2, 0) is 0 Å². The zero-order valence-corrected chi connectivity index (χ0v) is 6.64. The Labute approximate surface area is 64.1 Å². The molecule has 0 aliphatic heterocycles. The van der Waals surface area contributed by atoms with E-state index in [0.29, 0.717) is 11.4 Å². The summed E-state index contributed by atoms with van der Waals surface area (Å²) < 4.78 is 4.85. The molecule has 0 fully saturated rings. The first-order valence-electron chi connectivity index (χ1n) is 3.03. The van der Waals surface area contributed by atoms with E-state index in [4.69, 9.17) is 21.9 Å². The normalized spacial score (nSPS) is 10.8. The third-order valence-corrected chi connectivity index (χ3v) is 1.51. The maximum atomic E-state index is 5.54. The van der Waals surface area contributed by atoms with Gasteiger partial charge >= 0.3 is 0 Å². The van der Waals surface area contributed by atoms with Crippen molar-refractivity contribution in [3.63, 3.8) is 0 Å². The van der Waals surface area contributed by atoms with Crippen LogP contribution in [0.2, 0.25) is 5.15 Å². The summed E-state index contributed by atoms with van der Waals surface area (Å²) in [6.45, 7) is 3.93. The minimum atomic E-state index is 0.236. The molecule has 1 rings (SSSR count). The molecule has 0 bridgehead atoms. The predicted octanol–water partition coefficient (Wildman–Crippen LogP) is 2.03. The molecule has 1 heterocycles. The molecular formula is C6H9ClN2O. The van der Waals surface area contributed by atoms with Crippen LogP contribution in [0.1, 0.15) is 25.5 Å². The Morgan fingerprint density at radius 3 is 2.40 bits per heavy atom. The fourth-order valence-electron chi connectivity index (χ4n) is 0.706. The summed E-state index contributed by atoms with van der Waals surface area (Å²) in [6, 6.07) is 0. The molecule has 0 radical (unpaired) electrons. The van der Waals surface area contributed by atoms with Gasteiger partial charge in [-0.1, -0.05) is 30.6 Å². The van der Waals surface area contributed by atoms with Crippen LogP contribution in [0.3, 0.4) is 0 Å². The van der Waals surface area contributed by atoms with E-state index in [1.165, 1.54) is 0 Å². The van der Waals surface area contributed by atoms with Crippen LogP contribution < -0.4 is 5.73 Å². The van der Waals surface area contributed by atoms with Gasteiger partial charge in [0.25, 0.3) is 0 Å². The number of anilines is 1. The van der Waals surface area contributed by atoms with Crippen LogP contribution in [0, 0.1) is 0 Å².